The van der Waals surface area contributed by atoms with Crippen molar-refractivity contribution in [2.75, 3.05) is 46.0 Å². The predicted molar refractivity (Wildman–Crippen MR) is 111 cm³/mol. The Morgan fingerprint density at radius 2 is 2.04 bits per heavy atom. The molecule has 2 N–H and O–H groups in total. The molecule has 0 bridgehead atoms. The minimum absolute atomic E-state index is 0.0327. The van der Waals surface area contributed by atoms with Gasteiger partial charge in [-0.1, -0.05) is 30.9 Å². The molecule has 1 aromatic rings. The van der Waals surface area contributed by atoms with Gasteiger partial charge in [0.2, 0.25) is 0 Å². The van der Waals surface area contributed by atoms with Crippen LogP contribution in [-0.4, -0.2) is 62.4 Å². The van der Waals surface area contributed by atoms with Crippen molar-refractivity contribution in [1.29, 1.82) is 0 Å². The van der Waals surface area contributed by atoms with Gasteiger partial charge in [0.1, 0.15) is 12.4 Å². The molecule has 0 aromatic heterocycles. The molecule has 1 aliphatic rings. The van der Waals surface area contributed by atoms with E-state index >= 15 is 0 Å². The summed E-state index contributed by atoms with van der Waals surface area (Å²) in [5.74, 6) is 1.67. The third-order valence-electron chi connectivity index (χ3n) is 4.64. The van der Waals surface area contributed by atoms with Crippen LogP contribution >= 0.6 is 0 Å². The standard InChI is InChI=1S/C21H34N4O2/c1-5-13-27-19-10-8-7-9-18(19)16-23-20(22-6-2)24-17-21(3,4)25-11-14-26-15-12-25/h5,7-10H,1,6,11-17H2,2-4H3,(H2,22,23,24). The molecule has 1 fully saturated rings. The van der Waals surface area contributed by atoms with Gasteiger partial charge >= 0.3 is 0 Å². The number of aliphatic imine (C=N–C) groups is 1. The highest BCUT2D eigenvalue weighted by atomic mass is 16.5. The lowest BCUT2D eigenvalue weighted by molar-refractivity contribution is -0.00834. The lowest BCUT2D eigenvalue weighted by Gasteiger charge is -2.41. The van der Waals surface area contributed by atoms with Gasteiger partial charge in [0.25, 0.3) is 0 Å². The summed E-state index contributed by atoms with van der Waals surface area (Å²) in [5.41, 5.74) is 1.09. The number of rotatable bonds is 9. The fourth-order valence-corrected chi connectivity index (χ4v) is 3.01. The Bertz CT molecular complexity index is 610. The second-order valence-electron chi connectivity index (χ2n) is 7.17. The van der Waals surface area contributed by atoms with Crippen molar-refractivity contribution in [1.82, 2.24) is 15.5 Å². The van der Waals surface area contributed by atoms with Gasteiger partial charge in [-0.15, -0.1) is 0 Å². The van der Waals surface area contributed by atoms with Gasteiger partial charge in [-0.2, -0.15) is 0 Å². The molecule has 27 heavy (non-hydrogen) atoms. The molecule has 6 nitrogen and oxygen atoms in total. The van der Waals surface area contributed by atoms with Gasteiger partial charge < -0.3 is 20.1 Å². The molecule has 150 valence electrons. The smallest absolute Gasteiger partial charge is 0.191 e. The van der Waals surface area contributed by atoms with Crippen LogP contribution in [0.5, 0.6) is 5.75 Å². The average molecular weight is 375 g/mol. The van der Waals surface area contributed by atoms with Crippen LogP contribution in [0.15, 0.2) is 41.9 Å². The van der Waals surface area contributed by atoms with Crippen LogP contribution < -0.4 is 15.4 Å². The van der Waals surface area contributed by atoms with Crippen molar-refractivity contribution in [3.63, 3.8) is 0 Å². The first-order valence-corrected chi connectivity index (χ1v) is 9.73. The first-order chi connectivity index (χ1) is 13.1. The van der Waals surface area contributed by atoms with Crippen LogP contribution in [0.2, 0.25) is 0 Å². The number of guanidine groups is 1. The third kappa shape index (κ3) is 6.88. The zero-order chi connectivity index (χ0) is 19.5. The molecule has 0 amide bonds. The van der Waals surface area contributed by atoms with E-state index in [2.05, 4.69) is 42.9 Å². The molecule has 1 heterocycles. The molecular weight excluding hydrogens is 340 g/mol. The highest BCUT2D eigenvalue weighted by molar-refractivity contribution is 5.79. The maximum absolute atomic E-state index is 5.73. The molecule has 2 rings (SSSR count). The van der Waals surface area contributed by atoms with Crippen LogP contribution in [0.25, 0.3) is 0 Å². The minimum Gasteiger partial charge on any atom is -0.489 e. The first kappa shape index (κ1) is 21.3. The highest BCUT2D eigenvalue weighted by Crippen LogP contribution is 2.19. The zero-order valence-electron chi connectivity index (χ0n) is 17.0. The lowest BCUT2D eigenvalue weighted by Crippen LogP contribution is -2.56. The number of ether oxygens (including phenoxy) is 2. The summed E-state index contributed by atoms with van der Waals surface area (Å²) < 4.78 is 11.2. The second kappa shape index (κ2) is 10.9. The van der Waals surface area contributed by atoms with E-state index in [0.29, 0.717) is 13.2 Å². The Labute approximate surface area is 163 Å². The maximum Gasteiger partial charge on any atom is 0.191 e. The number of nitrogens with one attached hydrogen (secondary N) is 2. The Morgan fingerprint density at radius 3 is 2.74 bits per heavy atom. The highest BCUT2D eigenvalue weighted by Gasteiger charge is 2.28. The van der Waals surface area contributed by atoms with Crippen LogP contribution in [0.4, 0.5) is 0 Å². The van der Waals surface area contributed by atoms with E-state index in [1.165, 1.54) is 0 Å². The molecule has 1 aliphatic heterocycles. The van der Waals surface area contributed by atoms with E-state index < -0.39 is 0 Å². The van der Waals surface area contributed by atoms with E-state index in [1.54, 1.807) is 6.08 Å². The third-order valence-corrected chi connectivity index (χ3v) is 4.64. The number of benzene rings is 1. The predicted octanol–water partition coefficient (Wildman–Crippen LogP) is 2.42. The summed E-state index contributed by atoms with van der Waals surface area (Å²) in [6.45, 7) is 16.5. The molecular formula is C21H34N4O2. The van der Waals surface area contributed by atoms with E-state index in [0.717, 1.165) is 56.7 Å². The van der Waals surface area contributed by atoms with E-state index in [1.807, 2.05) is 24.3 Å². The summed E-state index contributed by atoms with van der Waals surface area (Å²) in [4.78, 5) is 7.21. The molecule has 0 saturated carbocycles. The van der Waals surface area contributed by atoms with Crippen molar-refractivity contribution in [3.8, 4) is 5.75 Å². The molecule has 0 atom stereocenters. The summed E-state index contributed by atoms with van der Waals surface area (Å²) in [6.07, 6.45) is 1.75. The van der Waals surface area contributed by atoms with Crippen molar-refractivity contribution < 1.29 is 9.47 Å². The Balaban J connectivity index is 1.98. The molecule has 0 unspecified atom stereocenters. The van der Waals surface area contributed by atoms with Crippen molar-refractivity contribution in [2.45, 2.75) is 32.9 Å². The largest absolute Gasteiger partial charge is 0.489 e. The molecule has 1 aromatic carbocycles. The van der Waals surface area contributed by atoms with Crippen molar-refractivity contribution >= 4 is 5.96 Å². The minimum atomic E-state index is 0.0327. The molecule has 0 spiro atoms. The quantitative estimate of drug-likeness (QED) is 0.395. The number of morpholine rings is 1. The molecule has 6 heteroatoms. The van der Waals surface area contributed by atoms with Gasteiger partial charge in [-0.05, 0) is 26.8 Å². The summed E-state index contributed by atoms with van der Waals surface area (Å²) >= 11 is 0. The maximum atomic E-state index is 5.73. The summed E-state index contributed by atoms with van der Waals surface area (Å²) in [7, 11) is 0. The Kier molecular flexibility index (Phi) is 8.61. The fourth-order valence-electron chi connectivity index (χ4n) is 3.01. The van der Waals surface area contributed by atoms with E-state index in [9.17, 15) is 0 Å². The van der Waals surface area contributed by atoms with Crippen LogP contribution in [0.1, 0.15) is 26.3 Å². The van der Waals surface area contributed by atoms with Crippen molar-refractivity contribution in [3.05, 3.63) is 42.5 Å². The van der Waals surface area contributed by atoms with Gasteiger partial charge in [0.05, 0.1) is 19.8 Å². The number of nitrogens with zero attached hydrogens (tertiary/aromatic N) is 2. The average Bonchev–Trinajstić information content (AvgIpc) is 2.70. The topological polar surface area (TPSA) is 58.1 Å². The Morgan fingerprint density at radius 1 is 1.30 bits per heavy atom. The SMILES string of the molecule is C=CCOc1ccccc1CN=C(NCC)NCC(C)(C)N1CCOCC1. The first-order valence-electron chi connectivity index (χ1n) is 9.73. The second-order valence-corrected chi connectivity index (χ2v) is 7.17. The number of hydrogen-bond acceptors (Lipinski definition) is 4. The zero-order valence-corrected chi connectivity index (χ0v) is 17.0. The number of para-hydroxylation sites is 1. The van der Waals surface area contributed by atoms with Crippen LogP contribution in [0, 0.1) is 0 Å². The lowest BCUT2D eigenvalue weighted by atomic mass is 10.0. The van der Waals surface area contributed by atoms with Crippen molar-refractivity contribution in [2.24, 2.45) is 4.99 Å². The van der Waals surface area contributed by atoms with E-state index in [-0.39, 0.29) is 5.54 Å². The normalized spacial score (nSPS) is 16.0. The van der Waals surface area contributed by atoms with Crippen LogP contribution in [-0.2, 0) is 11.3 Å². The Hall–Kier alpha value is -2.05. The summed E-state index contributed by atoms with van der Waals surface area (Å²) in [5, 5.41) is 6.82. The molecule has 0 radical (unpaired) electrons. The van der Waals surface area contributed by atoms with Gasteiger partial charge in [-0.25, -0.2) is 4.99 Å². The number of hydrogen-bond donors (Lipinski definition) is 2. The van der Waals surface area contributed by atoms with Gasteiger partial charge in [-0.3, -0.25) is 4.90 Å². The fraction of sp³-hybridized carbons (Fsp3) is 0.571. The molecule has 1 saturated heterocycles. The van der Waals surface area contributed by atoms with Gasteiger partial charge in [0, 0.05) is 37.3 Å². The summed E-state index contributed by atoms with van der Waals surface area (Å²) in [6, 6.07) is 7.99. The van der Waals surface area contributed by atoms with E-state index in [4.69, 9.17) is 14.5 Å². The monoisotopic (exact) mass is 374 g/mol. The van der Waals surface area contributed by atoms with Crippen LogP contribution in [0.3, 0.4) is 0 Å². The van der Waals surface area contributed by atoms with Gasteiger partial charge in [0.15, 0.2) is 5.96 Å². The molecule has 0 aliphatic carbocycles.